The number of benzene rings is 2. The Labute approximate surface area is 154 Å². The van der Waals surface area contributed by atoms with Crippen LogP contribution < -0.4 is 4.74 Å². The molecule has 1 aliphatic heterocycles. The van der Waals surface area contributed by atoms with E-state index >= 15 is 0 Å². The van der Waals surface area contributed by atoms with E-state index in [0.717, 1.165) is 30.9 Å². The second kappa shape index (κ2) is 8.03. The van der Waals surface area contributed by atoms with Crippen molar-refractivity contribution in [3.8, 4) is 11.8 Å². The van der Waals surface area contributed by atoms with Crippen molar-refractivity contribution in [1.82, 2.24) is 9.80 Å². The van der Waals surface area contributed by atoms with Crippen molar-refractivity contribution in [2.45, 2.75) is 13.5 Å². The van der Waals surface area contributed by atoms with E-state index < -0.39 is 0 Å². The van der Waals surface area contributed by atoms with E-state index in [1.807, 2.05) is 54.3 Å². The SMILES string of the molecule is COc1cc(C(=O)N2CCN(Cc3ccc(C#N)cc3)CC2)ccc1C. The molecule has 1 fully saturated rings. The van der Waals surface area contributed by atoms with Gasteiger partial charge in [-0.2, -0.15) is 5.26 Å². The Hall–Kier alpha value is -2.84. The number of hydrogen-bond acceptors (Lipinski definition) is 4. The van der Waals surface area contributed by atoms with Crippen LogP contribution in [0.5, 0.6) is 5.75 Å². The third-order valence-electron chi connectivity index (χ3n) is 4.80. The molecule has 0 bridgehead atoms. The summed E-state index contributed by atoms with van der Waals surface area (Å²) < 4.78 is 5.32. The number of hydrogen-bond donors (Lipinski definition) is 0. The minimum atomic E-state index is 0.0568. The number of aryl methyl sites for hydroxylation is 1. The number of nitriles is 1. The van der Waals surface area contributed by atoms with Crippen LogP contribution in [-0.2, 0) is 6.54 Å². The minimum Gasteiger partial charge on any atom is -0.496 e. The largest absolute Gasteiger partial charge is 0.496 e. The van der Waals surface area contributed by atoms with E-state index in [4.69, 9.17) is 10.00 Å². The zero-order valence-corrected chi connectivity index (χ0v) is 15.2. The van der Waals surface area contributed by atoms with Gasteiger partial charge in [-0.25, -0.2) is 0 Å². The van der Waals surface area contributed by atoms with Gasteiger partial charge in [0, 0.05) is 38.3 Å². The molecule has 0 aromatic heterocycles. The van der Waals surface area contributed by atoms with Crippen LogP contribution in [0.25, 0.3) is 0 Å². The van der Waals surface area contributed by atoms with Gasteiger partial charge in [0.15, 0.2) is 0 Å². The van der Waals surface area contributed by atoms with Crippen molar-refractivity contribution in [2.24, 2.45) is 0 Å². The molecule has 5 nitrogen and oxygen atoms in total. The summed E-state index contributed by atoms with van der Waals surface area (Å²) in [5.41, 5.74) is 3.56. The molecule has 0 atom stereocenters. The molecule has 1 saturated heterocycles. The number of rotatable bonds is 4. The lowest BCUT2D eigenvalue weighted by Crippen LogP contribution is -2.48. The number of piperazine rings is 1. The first-order chi connectivity index (χ1) is 12.6. The molecule has 1 amide bonds. The standard InChI is InChI=1S/C21H23N3O2/c1-16-3-8-19(13-20(16)26-2)21(25)24-11-9-23(10-12-24)15-18-6-4-17(14-22)5-7-18/h3-8,13H,9-12,15H2,1-2H3. The Kier molecular flexibility index (Phi) is 5.55. The first-order valence-corrected chi connectivity index (χ1v) is 8.76. The van der Waals surface area contributed by atoms with E-state index in [1.165, 1.54) is 5.56 Å². The summed E-state index contributed by atoms with van der Waals surface area (Å²) in [6.07, 6.45) is 0. The fourth-order valence-corrected chi connectivity index (χ4v) is 3.19. The highest BCUT2D eigenvalue weighted by molar-refractivity contribution is 5.94. The molecule has 0 spiro atoms. The van der Waals surface area contributed by atoms with Crippen LogP contribution in [0.2, 0.25) is 0 Å². The van der Waals surface area contributed by atoms with Crippen LogP contribution in [-0.4, -0.2) is 49.0 Å². The van der Waals surface area contributed by atoms with E-state index in [0.29, 0.717) is 24.2 Å². The van der Waals surface area contributed by atoms with Gasteiger partial charge in [-0.15, -0.1) is 0 Å². The number of carbonyl (C=O) groups excluding carboxylic acids is 1. The van der Waals surface area contributed by atoms with Gasteiger partial charge < -0.3 is 9.64 Å². The third-order valence-corrected chi connectivity index (χ3v) is 4.80. The van der Waals surface area contributed by atoms with Crippen LogP contribution in [0.4, 0.5) is 0 Å². The van der Waals surface area contributed by atoms with Crippen molar-refractivity contribution in [3.63, 3.8) is 0 Å². The quantitative estimate of drug-likeness (QED) is 0.852. The lowest BCUT2D eigenvalue weighted by atomic mass is 10.1. The van der Waals surface area contributed by atoms with Gasteiger partial charge in [0.1, 0.15) is 5.75 Å². The summed E-state index contributed by atoms with van der Waals surface area (Å²) in [4.78, 5) is 17.0. The summed E-state index contributed by atoms with van der Waals surface area (Å²) in [6, 6.07) is 15.4. The maximum atomic E-state index is 12.7. The lowest BCUT2D eigenvalue weighted by molar-refractivity contribution is 0.0628. The Bertz CT molecular complexity index is 816. The van der Waals surface area contributed by atoms with Crippen LogP contribution >= 0.6 is 0 Å². The molecule has 0 saturated carbocycles. The van der Waals surface area contributed by atoms with Gasteiger partial charge in [-0.05, 0) is 42.3 Å². The molecule has 2 aromatic rings. The molecule has 3 rings (SSSR count). The van der Waals surface area contributed by atoms with Crippen LogP contribution in [0.15, 0.2) is 42.5 Å². The Balaban J connectivity index is 1.57. The van der Waals surface area contributed by atoms with Crippen LogP contribution in [0.1, 0.15) is 27.0 Å². The van der Waals surface area contributed by atoms with E-state index in [1.54, 1.807) is 7.11 Å². The molecule has 1 heterocycles. The second-order valence-corrected chi connectivity index (χ2v) is 6.56. The zero-order chi connectivity index (χ0) is 18.5. The second-order valence-electron chi connectivity index (χ2n) is 6.56. The number of methoxy groups -OCH3 is 1. The van der Waals surface area contributed by atoms with Crippen molar-refractivity contribution in [2.75, 3.05) is 33.3 Å². The maximum absolute atomic E-state index is 12.7. The number of carbonyl (C=O) groups is 1. The van der Waals surface area contributed by atoms with Gasteiger partial charge >= 0.3 is 0 Å². The van der Waals surface area contributed by atoms with Crippen molar-refractivity contribution < 1.29 is 9.53 Å². The molecular weight excluding hydrogens is 326 g/mol. The maximum Gasteiger partial charge on any atom is 0.254 e. The summed E-state index contributed by atoms with van der Waals surface area (Å²) >= 11 is 0. The number of amides is 1. The Morgan fingerprint density at radius 1 is 1.12 bits per heavy atom. The predicted molar refractivity (Wildman–Crippen MR) is 100 cm³/mol. The molecule has 0 N–H and O–H groups in total. The fourth-order valence-electron chi connectivity index (χ4n) is 3.19. The van der Waals surface area contributed by atoms with Gasteiger partial charge in [-0.1, -0.05) is 18.2 Å². The summed E-state index contributed by atoms with van der Waals surface area (Å²) in [7, 11) is 1.62. The minimum absolute atomic E-state index is 0.0568. The van der Waals surface area contributed by atoms with Crippen LogP contribution in [0, 0.1) is 18.3 Å². The van der Waals surface area contributed by atoms with Crippen molar-refractivity contribution >= 4 is 5.91 Å². The average molecular weight is 349 g/mol. The lowest BCUT2D eigenvalue weighted by Gasteiger charge is -2.34. The van der Waals surface area contributed by atoms with E-state index in [-0.39, 0.29) is 5.91 Å². The molecular formula is C21H23N3O2. The molecule has 5 heteroatoms. The highest BCUT2D eigenvalue weighted by Gasteiger charge is 2.22. The summed E-state index contributed by atoms with van der Waals surface area (Å²) in [6.45, 7) is 5.92. The molecule has 134 valence electrons. The molecule has 0 aliphatic carbocycles. The molecule has 0 unspecified atom stereocenters. The van der Waals surface area contributed by atoms with Crippen molar-refractivity contribution in [1.29, 1.82) is 5.26 Å². The summed E-state index contributed by atoms with van der Waals surface area (Å²) in [5, 5.41) is 8.87. The van der Waals surface area contributed by atoms with E-state index in [2.05, 4.69) is 11.0 Å². The normalized spacial score (nSPS) is 14.7. The third kappa shape index (κ3) is 4.04. The monoisotopic (exact) mass is 349 g/mol. The Morgan fingerprint density at radius 2 is 1.81 bits per heavy atom. The number of ether oxygens (including phenoxy) is 1. The first kappa shape index (κ1) is 18.0. The fraction of sp³-hybridized carbons (Fsp3) is 0.333. The van der Waals surface area contributed by atoms with Gasteiger partial charge in [0.05, 0.1) is 18.7 Å². The molecule has 1 aliphatic rings. The topological polar surface area (TPSA) is 56.6 Å². The number of nitrogens with zero attached hydrogens (tertiary/aromatic N) is 3. The average Bonchev–Trinajstić information content (AvgIpc) is 2.69. The van der Waals surface area contributed by atoms with Gasteiger partial charge in [-0.3, -0.25) is 9.69 Å². The van der Waals surface area contributed by atoms with Crippen LogP contribution in [0.3, 0.4) is 0 Å². The molecule has 2 aromatic carbocycles. The highest BCUT2D eigenvalue weighted by atomic mass is 16.5. The summed E-state index contributed by atoms with van der Waals surface area (Å²) in [5.74, 6) is 0.802. The predicted octanol–water partition coefficient (Wildman–Crippen LogP) is 2.83. The molecule has 0 radical (unpaired) electrons. The smallest absolute Gasteiger partial charge is 0.254 e. The highest BCUT2D eigenvalue weighted by Crippen LogP contribution is 2.20. The van der Waals surface area contributed by atoms with E-state index in [9.17, 15) is 4.79 Å². The Morgan fingerprint density at radius 3 is 2.42 bits per heavy atom. The molecule has 26 heavy (non-hydrogen) atoms. The zero-order valence-electron chi connectivity index (χ0n) is 15.2. The van der Waals surface area contributed by atoms with Gasteiger partial charge in [0.2, 0.25) is 0 Å². The van der Waals surface area contributed by atoms with Gasteiger partial charge in [0.25, 0.3) is 5.91 Å². The van der Waals surface area contributed by atoms with Crippen molar-refractivity contribution in [3.05, 3.63) is 64.7 Å². The first-order valence-electron chi connectivity index (χ1n) is 8.76.